The van der Waals surface area contributed by atoms with Gasteiger partial charge in [-0.05, 0) is 12.1 Å². The van der Waals surface area contributed by atoms with Gasteiger partial charge in [-0.3, -0.25) is 9.54 Å². The van der Waals surface area contributed by atoms with E-state index in [-0.39, 0.29) is 0 Å². The number of alkyl halides is 17. The van der Waals surface area contributed by atoms with Crippen LogP contribution in [0.25, 0.3) is 0 Å². The number of hydrogen-bond donors (Lipinski definition) is 1. The molecule has 36 heavy (non-hydrogen) atoms. The molecule has 0 amide bonds. The number of hydrogen-bond acceptors (Lipinski definition) is 3. The minimum Gasteiger partial charge on any atom is -0.281 e. The molecule has 0 aliphatic heterocycles. The highest BCUT2D eigenvalue weighted by Gasteiger charge is 2.94. The monoisotopic (exact) mass is 593 g/mol. The van der Waals surface area contributed by atoms with E-state index >= 15 is 0 Å². The number of pyridine rings is 1. The molecule has 0 fully saturated rings. The third kappa shape index (κ3) is 5.72. The number of aromatic nitrogens is 1. The van der Waals surface area contributed by atoms with Crippen LogP contribution in [0.3, 0.4) is 0 Å². The molecular formula is C14H8F17NO3S. The molecule has 1 heterocycles. The summed E-state index contributed by atoms with van der Waals surface area (Å²) in [6.45, 7) is 0. The lowest BCUT2D eigenvalue weighted by atomic mass is 9.90. The van der Waals surface area contributed by atoms with E-state index in [1.54, 1.807) is 12.4 Å². The average Bonchev–Trinajstić information content (AvgIpc) is 2.66. The standard InChI is InChI=1S/C9H3F17O3S.C5H5N/c10-2(11,1-3(12,13)14)4(15,16)5(17,18)6(19,20)7(21,22)8(23,24)9(25,26)30(27,28)29;1-2-4-6-5-3-1/h1H2,(H,27,28,29);1-5H. The molecule has 0 aliphatic rings. The summed E-state index contributed by atoms with van der Waals surface area (Å²) in [5, 5.41) is -7.80. The van der Waals surface area contributed by atoms with Crippen molar-refractivity contribution in [3.05, 3.63) is 30.6 Å². The maximum atomic E-state index is 13.2. The lowest BCUT2D eigenvalue weighted by Gasteiger charge is -2.42. The summed E-state index contributed by atoms with van der Waals surface area (Å²) in [6.07, 6.45) is -7.44. The molecular weight excluding hydrogens is 585 g/mol. The Morgan fingerprint density at radius 1 is 0.556 bits per heavy atom. The van der Waals surface area contributed by atoms with Gasteiger partial charge in [0, 0.05) is 12.4 Å². The largest absolute Gasteiger partial charge is 0.438 e. The Bertz CT molecular complexity index is 949. The van der Waals surface area contributed by atoms with Gasteiger partial charge in [-0.25, -0.2) is 0 Å². The molecule has 212 valence electrons. The summed E-state index contributed by atoms with van der Waals surface area (Å²) in [7, 11) is -7.86. The van der Waals surface area contributed by atoms with E-state index in [4.69, 9.17) is 4.55 Å². The zero-order valence-corrected chi connectivity index (χ0v) is 17.0. The molecule has 0 spiro atoms. The Kier molecular flexibility index (Phi) is 9.06. The highest BCUT2D eigenvalue weighted by atomic mass is 32.2. The lowest BCUT2D eigenvalue weighted by molar-refractivity contribution is -0.439. The van der Waals surface area contributed by atoms with Crippen molar-refractivity contribution in [1.82, 2.24) is 4.98 Å². The molecule has 0 unspecified atom stereocenters. The van der Waals surface area contributed by atoms with Gasteiger partial charge in [0.15, 0.2) is 0 Å². The minimum atomic E-state index is -8.75. The van der Waals surface area contributed by atoms with Crippen LogP contribution in [0.2, 0.25) is 0 Å². The zero-order chi connectivity index (χ0) is 29.4. The smallest absolute Gasteiger partial charge is 0.281 e. The van der Waals surface area contributed by atoms with Crippen LogP contribution in [0.4, 0.5) is 74.6 Å². The van der Waals surface area contributed by atoms with Crippen molar-refractivity contribution in [2.75, 3.05) is 0 Å². The Balaban J connectivity index is 0.00000176. The summed E-state index contributed by atoms with van der Waals surface area (Å²) >= 11 is 0. The fraction of sp³-hybridized carbons (Fsp3) is 0.643. The van der Waals surface area contributed by atoms with E-state index in [1.165, 1.54) is 0 Å². The SMILES string of the molecule is O=S(=O)(O)C(F)(F)C(F)(F)C(F)(F)C(F)(F)C(F)(F)C(F)(F)C(F)(F)CC(F)(F)F.c1ccncc1. The molecule has 4 nitrogen and oxygen atoms in total. The van der Waals surface area contributed by atoms with Gasteiger partial charge in [-0.2, -0.15) is 83.1 Å². The van der Waals surface area contributed by atoms with Gasteiger partial charge in [-0.1, -0.05) is 6.07 Å². The molecule has 0 saturated carbocycles. The van der Waals surface area contributed by atoms with E-state index in [1.807, 2.05) is 18.2 Å². The first-order valence-corrected chi connectivity index (χ1v) is 9.43. The van der Waals surface area contributed by atoms with Gasteiger partial charge in [0.25, 0.3) is 0 Å². The molecule has 0 bridgehead atoms. The molecule has 0 aromatic carbocycles. The number of nitrogens with zero attached hydrogens (tertiary/aromatic N) is 1. The molecule has 1 N–H and O–H groups in total. The van der Waals surface area contributed by atoms with Crippen molar-refractivity contribution < 1.29 is 87.6 Å². The Labute approximate surface area is 187 Å². The van der Waals surface area contributed by atoms with Crippen molar-refractivity contribution in [2.45, 2.75) is 53.4 Å². The van der Waals surface area contributed by atoms with Gasteiger partial charge in [0.1, 0.15) is 6.42 Å². The van der Waals surface area contributed by atoms with Crippen LogP contribution in [0.15, 0.2) is 30.6 Å². The summed E-state index contributed by atoms with van der Waals surface area (Å²) in [6, 6.07) is 5.72. The van der Waals surface area contributed by atoms with Crippen molar-refractivity contribution >= 4 is 10.1 Å². The van der Waals surface area contributed by atoms with Crippen LogP contribution in [-0.4, -0.2) is 64.9 Å². The van der Waals surface area contributed by atoms with E-state index in [0.717, 1.165) is 0 Å². The molecule has 0 saturated heterocycles. The van der Waals surface area contributed by atoms with Crippen molar-refractivity contribution in [1.29, 1.82) is 0 Å². The fourth-order valence-electron chi connectivity index (χ4n) is 1.84. The quantitative estimate of drug-likeness (QED) is 0.284. The first kappa shape index (κ1) is 33.9. The van der Waals surface area contributed by atoms with E-state index in [0.29, 0.717) is 0 Å². The fourth-order valence-corrected chi connectivity index (χ4v) is 2.29. The van der Waals surface area contributed by atoms with Crippen molar-refractivity contribution in [3.63, 3.8) is 0 Å². The summed E-state index contributed by atoms with van der Waals surface area (Å²) in [5.41, 5.74) is 0. The lowest BCUT2D eigenvalue weighted by Crippen LogP contribution is -2.73. The van der Waals surface area contributed by atoms with E-state index in [9.17, 15) is 83.1 Å². The van der Waals surface area contributed by atoms with Crippen LogP contribution >= 0.6 is 0 Å². The van der Waals surface area contributed by atoms with Gasteiger partial charge in [0.2, 0.25) is 0 Å². The average molecular weight is 593 g/mol. The van der Waals surface area contributed by atoms with Crippen molar-refractivity contribution in [2.24, 2.45) is 0 Å². The Hall–Kier alpha value is -2.13. The van der Waals surface area contributed by atoms with Crippen LogP contribution in [0, 0.1) is 0 Å². The van der Waals surface area contributed by atoms with E-state index < -0.39 is 63.5 Å². The maximum absolute atomic E-state index is 13.2. The summed E-state index contributed by atoms with van der Waals surface area (Å²) in [4.78, 5) is 3.78. The van der Waals surface area contributed by atoms with E-state index in [2.05, 4.69) is 4.98 Å². The normalized spacial score (nSPS) is 15.3. The summed E-state index contributed by atoms with van der Waals surface area (Å²) in [5.74, 6) is -50.1. The van der Waals surface area contributed by atoms with Crippen molar-refractivity contribution in [3.8, 4) is 0 Å². The third-order valence-corrected chi connectivity index (χ3v) is 4.62. The second-order valence-electron chi connectivity index (χ2n) is 6.38. The second-order valence-corrected chi connectivity index (χ2v) is 7.85. The van der Waals surface area contributed by atoms with Crippen LogP contribution in [-0.2, 0) is 10.1 Å². The maximum Gasteiger partial charge on any atom is 0.438 e. The van der Waals surface area contributed by atoms with Gasteiger partial charge < -0.3 is 0 Å². The van der Waals surface area contributed by atoms with Gasteiger partial charge in [-0.15, -0.1) is 0 Å². The molecule has 22 heteroatoms. The zero-order valence-electron chi connectivity index (χ0n) is 16.1. The molecule has 0 radical (unpaired) electrons. The first-order valence-electron chi connectivity index (χ1n) is 7.99. The number of rotatable bonds is 8. The highest BCUT2D eigenvalue weighted by Crippen LogP contribution is 2.63. The topological polar surface area (TPSA) is 67.3 Å². The molecule has 1 aromatic heterocycles. The first-order chi connectivity index (χ1) is 15.5. The predicted molar refractivity (Wildman–Crippen MR) is 81.1 cm³/mol. The molecule has 1 aromatic rings. The Morgan fingerprint density at radius 2 is 0.889 bits per heavy atom. The minimum absolute atomic E-state index is 1.75. The molecule has 0 atom stereocenters. The predicted octanol–water partition coefficient (Wildman–Crippen LogP) is 6.31. The van der Waals surface area contributed by atoms with Crippen LogP contribution in [0.1, 0.15) is 6.42 Å². The van der Waals surface area contributed by atoms with Crippen LogP contribution < -0.4 is 0 Å². The van der Waals surface area contributed by atoms with Gasteiger partial charge >= 0.3 is 57.1 Å². The molecule has 0 aliphatic carbocycles. The molecule has 1 rings (SSSR count). The Morgan fingerprint density at radius 3 is 1.14 bits per heavy atom. The number of halogens is 17. The van der Waals surface area contributed by atoms with Crippen LogP contribution in [0.5, 0.6) is 0 Å². The summed E-state index contributed by atoms with van der Waals surface area (Å²) < 4.78 is 245. The third-order valence-electron chi connectivity index (χ3n) is 3.72. The second kappa shape index (κ2) is 9.63. The van der Waals surface area contributed by atoms with Gasteiger partial charge in [0.05, 0.1) is 0 Å². The highest BCUT2D eigenvalue weighted by molar-refractivity contribution is 7.87.